The van der Waals surface area contributed by atoms with E-state index in [1.54, 1.807) is 36.5 Å². The Morgan fingerprint density at radius 3 is 2.59 bits per heavy atom. The Bertz CT molecular complexity index is 960. The van der Waals surface area contributed by atoms with E-state index in [4.69, 9.17) is 4.74 Å². The molecule has 32 heavy (non-hydrogen) atoms. The fraction of sp³-hybridized carbons (Fsp3) is 0.440. The third-order valence-electron chi connectivity index (χ3n) is 6.46. The molecule has 7 heteroatoms. The van der Waals surface area contributed by atoms with Gasteiger partial charge in [0, 0.05) is 45.4 Å². The largest absolute Gasteiger partial charge is 0.376 e. The van der Waals surface area contributed by atoms with Gasteiger partial charge < -0.3 is 9.64 Å². The van der Waals surface area contributed by atoms with Gasteiger partial charge in [-0.1, -0.05) is 30.3 Å². The molecule has 2 saturated heterocycles. The van der Waals surface area contributed by atoms with Gasteiger partial charge in [0.05, 0.1) is 18.1 Å². The van der Waals surface area contributed by atoms with Gasteiger partial charge in [-0.15, -0.1) is 0 Å². The van der Waals surface area contributed by atoms with E-state index < -0.39 is 5.41 Å². The van der Waals surface area contributed by atoms with Crippen molar-refractivity contribution < 1.29 is 19.1 Å². The minimum atomic E-state index is -1.19. The van der Waals surface area contributed by atoms with E-state index in [1.807, 2.05) is 30.3 Å². The second kappa shape index (κ2) is 9.61. The lowest BCUT2D eigenvalue weighted by atomic mass is 9.75. The van der Waals surface area contributed by atoms with Crippen LogP contribution in [-0.4, -0.2) is 58.8 Å². The van der Waals surface area contributed by atoms with Gasteiger partial charge in [-0.25, -0.2) is 0 Å². The van der Waals surface area contributed by atoms with Crippen LogP contribution in [0, 0.1) is 0 Å². The molecule has 2 atom stereocenters. The fourth-order valence-electron chi connectivity index (χ4n) is 4.61. The average Bonchev–Trinajstić information content (AvgIpc) is 3.06. The van der Waals surface area contributed by atoms with Crippen LogP contribution in [0.3, 0.4) is 0 Å². The van der Waals surface area contributed by atoms with Crippen LogP contribution < -0.4 is 0 Å². The van der Waals surface area contributed by atoms with E-state index in [0.717, 1.165) is 31.4 Å². The number of nitrogens with zero attached hydrogens (tertiary/aromatic N) is 3. The summed E-state index contributed by atoms with van der Waals surface area (Å²) in [7, 11) is 1.75. The molecule has 3 amide bonds. The van der Waals surface area contributed by atoms with Crippen LogP contribution >= 0.6 is 0 Å². The first-order valence-electron chi connectivity index (χ1n) is 11.1. The second-order valence-electron chi connectivity index (χ2n) is 8.71. The van der Waals surface area contributed by atoms with Crippen molar-refractivity contribution in [2.75, 3.05) is 20.2 Å². The number of likely N-dealkylation sites (tertiary alicyclic amines) is 1. The number of ether oxygens (including phenoxy) is 1. The quantitative estimate of drug-likeness (QED) is 0.625. The molecule has 3 heterocycles. The molecule has 0 aliphatic carbocycles. The smallest absolute Gasteiger partial charge is 0.241 e. The number of aromatic nitrogens is 1. The third kappa shape index (κ3) is 4.58. The van der Waals surface area contributed by atoms with Gasteiger partial charge in [-0.05, 0) is 42.5 Å². The molecule has 2 aromatic rings. The summed E-state index contributed by atoms with van der Waals surface area (Å²) in [5.74, 6) is -0.738. The highest BCUT2D eigenvalue weighted by Crippen LogP contribution is 2.40. The Labute approximate surface area is 188 Å². The predicted octanol–water partition coefficient (Wildman–Crippen LogP) is 2.70. The first kappa shape index (κ1) is 22.1. The lowest BCUT2D eigenvalue weighted by Crippen LogP contribution is -2.44. The summed E-state index contributed by atoms with van der Waals surface area (Å²) in [5.41, 5.74) is 0.333. The van der Waals surface area contributed by atoms with Crippen molar-refractivity contribution in [1.29, 1.82) is 0 Å². The first-order valence-corrected chi connectivity index (χ1v) is 11.1. The maximum atomic E-state index is 13.7. The van der Waals surface area contributed by atoms with Gasteiger partial charge in [0.1, 0.15) is 0 Å². The molecule has 0 spiro atoms. The topological polar surface area (TPSA) is 79.8 Å². The number of amides is 3. The number of hydrogen-bond donors (Lipinski definition) is 0. The minimum absolute atomic E-state index is 0.0135. The second-order valence-corrected chi connectivity index (χ2v) is 8.71. The van der Waals surface area contributed by atoms with Gasteiger partial charge in [-0.2, -0.15) is 0 Å². The average molecular weight is 436 g/mol. The van der Waals surface area contributed by atoms with Crippen LogP contribution in [0.25, 0.3) is 0 Å². The number of pyridine rings is 1. The summed E-state index contributed by atoms with van der Waals surface area (Å²) in [6.07, 6.45) is 6.31. The minimum Gasteiger partial charge on any atom is -0.376 e. The van der Waals surface area contributed by atoms with Crippen molar-refractivity contribution in [3.63, 3.8) is 0 Å². The van der Waals surface area contributed by atoms with Gasteiger partial charge in [0.2, 0.25) is 17.7 Å². The van der Waals surface area contributed by atoms with Crippen molar-refractivity contribution in [2.24, 2.45) is 0 Å². The molecule has 1 aromatic heterocycles. The van der Waals surface area contributed by atoms with Gasteiger partial charge in [-0.3, -0.25) is 24.3 Å². The van der Waals surface area contributed by atoms with E-state index in [0.29, 0.717) is 12.1 Å². The molecular formula is C25H29N3O4. The van der Waals surface area contributed by atoms with Crippen molar-refractivity contribution in [2.45, 2.75) is 50.2 Å². The van der Waals surface area contributed by atoms with E-state index in [1.165, 1.54) is 4.90 Å². The molecular weight excluding hydrogens is 406 g/mol. The van der Waals surface area contributed by atoms with Crippen LogP contribution in [-0.2, 0) is 31.1 Å². The van der Waals surface area contributed by atoms with Crippen molar-refractivity contribution in [3.05, 3.63) is 66.0 Å². The Morgan fingerprint density at radius 1 is 1.16 bits per heavy atom. The van der Waals surface area contributed by atoms with E-state index >= 15 is 0 Å². The van der Waals surface area contributed by atoms with Crippen molar-refractivity contribution >= 4 is 17.7 Å². The number of hydrogen-bond acceptors (Lipinski definition) is 5. The third-order valence-corrected chi connectivity index (χ3v) is 6.46. The Balaban J connectivity index is 1.57. The SMILES string of the molecule is CN(CC1CCCCO1)C(=O)CC1(c2ccccc2)CC(=O)N(Cc2ccncc2)C1=O. The number of carbonyl (C=O) groups is 3. The van der Waals surface area contributed by atoms with E-state index in [9.17, 15) is 14.4 Å². The van der Waals surface area contributed by atoms with Crippen molar-refractivity contribution in [1.82, 2.24) is 14.8 Å². The van der Waals surface area contributed by atoms with Crippen LogP contribution in [0.4, 0.5) is 0 Å². The molecule has 4 rings (SSSR count). The van der Waals surface area contributed by atoms with Gasteiger partial charge >= 0.3 is 0 Å². The van der Waals surface area contributed by atoms with Crippen molar-refractivity contribution in [3.8, 4) is 0 Å². The molecule has 2 unspecified atom stereocenters. The van der Waals surface area contributed by atoms with Crippen LogP contribution in [0.15, 0.2) is 54.9 Å². The molecule has 2 aliphatic heterocycles. The molecule has 7 nitrogen and oxygen atoms in total. The summed E-state index contributed by atoms with van der Waals surface area (Å²) in [6.45, 7) is 1.39. The molecule has 2 fully saturated rings. The zero-order chi connectivity index (χ0) is 22.6. The first-order chi connectivity index (χ1) is 15.5. The molecule has 0 radical (unpaired) electrons. The van der Waals surface area contributed by atoms with Gasteiger partial charge in [0.15, 0.2) is 0 Å². The predicted molar refractivity (Wildman–Crippen MR) is 118 cm³/mol. The monoisotopic (exact) mass is 435 g/mol. The highest BCUT2D eigenvalue weighted by Gasteiger charge is 2.53. The van der Waals surface area contributed by atoms with Gasteiger partial charge in [0.25, 0.3) is 0 Å². The summed E-state index contributed by atoms with van der Waals surface area (Å²) >= 11 is 0. The summed E-state index contributed by atoms with van der Waals surface area (Å²) in [5, 5.41) is 0. The summed E-state index contributed by atoms with van der Waals surface area (Å²) in [4.78, 5) is 46.8. The molecule has 0 saturated carbocycles. The zero-order valence-corrected chi connectivity index (χ0v) is 18.4. The maximum Gasteiger partial charge on any atom is 0.241 e. The fourth-order valence-corrected chi connectivity index (χ4v) is 4.61. The lowest BCUT2D eigenvalue weighted by Gasteiger charge is -2.31. The molecule has 0 N–H and O–H groups in total. The highest BCUT2D eigenvalue weighted by molar-refractivity contribution is 6.10. The summed E-state index contributed by atoms with van der Waals surface area (Å²) < 4.78 is 5.77. The van der Waals surface area contributed by atoms with E-state index in [2.05, 4.69) is 4.98 Å². The molecule has 2 aliphatic rings. The number of carbonyl (C=O) groups excluding carboxylic acids is 3. The maximum absolute atomic E-state index is 13.7. The number of benzene rings is 1. The highest BCUT2D eigenvalue weighted by atomic mass is 16.5. The Hall–Kier alpha value is -3.06. The number of imide groups is 1. The normalized spacial score (nSPS) is 23.4. The molecule has 1 aromatic carbocycles. The molecule has 0 bridgehead atoms. The van der Waals surface area contributed by atoms with E-state index in [-0.39, 0.29) is 43.2 Å². The van der Waals surface area contributed by atoms with Crippen LogP contribution in [0.1, 0.15) is 43.2 Å². The van der Waals surface area contributed by atoms with Crippen LogP contribution in [0.5, 0.6) is 0 Å². The van der Waals surface area contributed by atoms with Crippen LogP contribution in [0.2, 0.25) is 0 Å². The number of likely N-dealkylation sites (N-methyl/N-ethyl adjacent to an activating group) is 1. The zero-order valence-electron chi connectivity index (χ0n) is 18.4. The number of rotatable bonds is 7. The Kier molecular flexibility index (Phi) is 6.65. The summed E-state index contributed by atoms with van der Waals surface area (Å²) in [6, 6.07) is 12.8. The Morgan fingerprint density at radius 2 is 1.91 bits per heavy atom. The molecule has 168 valence electrons. The lowest BCUT2D eigenvalue weighted by molar-refractivity contribution is -0.143. The standard InChI is InChI=1S/C25H29N3O4/c1-27(18-21-9-5-6-14-32-21)22(29)15-25(20-7-3-2-4-8-20)16-23(30)28(24(25)31)17-19-10-12-26-13-11-19/h2-4,7-8,10-13,21H,5-6,9,14-18H2,1H3.